The molecule has 0 aromatic carbocycles. The van der Waals surface area contributed by atoms with Gasteiger partial charge in [0.15, 0.2) is 0 Å². The second kappa shape index (κ2) is 8.71. The molecule has 2 fully saturated rings. The zero-order chi connectivity index (χ0) is 18.6. The molecule has 3 rings (SSSR count). The van der Waals surface area contributed by atoms with E-state index in [-0.39, 0.29) is 10.8 Å². The molecule has 1 aromatic heterocycles. The molecule has 0 bridgehead atoms. The minimum Gasteiger partial charge on any atom is -0.342 e. The Bertz CT molecular complexity index is 710. The Morgan fingerprint density at radius 3 is 2.50 bits per heavy atom. The molecule has 1 amide bonds. The van der Waals surface area contributed by atoms with Crippen molar-refractivity contribution < 1.29 is 13.2 Å². The molecule has 1 aliphatic heterocycles. The predicted octanol–water partition coefficient (Wildman–Crippen LogP) is 2.75. The number of rotatable bonds is 6. The fourth-order valence-corrected chi connectivity index (χ4v) is 5.82. The van der Waals surface area contributed by atoms with Gasteiger partial charge in [-0.2, -0.15) is 4.31 Å². The van der Waals surface area contributed by atoms with Crippen LogP contribution in [-0.4, -0.2) is 60.4 Å². The Morgan fingerprint density at radius 2 is 1.88 bits per heavy atom. The molecule has 2 aliphatic rings. The van der Waals surface area contributed by atoms with Gasteiger partial charge in [0, 0.05) is 32.4 Å². The number of aromatic nitrogens is 1. The van der Waals surface area contributed by atoms with Crippen molar-refractivity contribution in [3.63, 3.8) is 0 Å². The third-order valence-corrected chi connectivity index (χ3v) is 8.08. The van der Waals surface area contributed by atoms with Crippen molar-refractivity contribution in [2.45, 2.75) is 60.9 Å². The Kier molecular flexibility index (Phi) is 6.58. The molecule has 26 heavy (non-hydrogen) atoms. The molecule has 1 saturated heterocycles. The summed E-state index contributed by atoms with van der Waals surface area (Å²) >= 11 is 1.36. The van der Waals surface area contributed by atoms with Gasteiger partial charge in [0.05, 0.1) is 10.8 Å². The highest BCUT2D eigenvalue weighted by Crippen LogP contribution is 2.25. The van der Waals surface area contributed by atoms with Gasteiger partial charge in [-0.15, -0.1) is 0 Å². The lowest BCUT2D eigenvalue weighted by atomic mass is 9.94. The van der Waals surface area contributed by atoms with Gasteiger partial charge in [-0.05, 0) is 37.8 Å². The van der Waals surface area contributed by atoms with Crippen molar-refractivity contribution in [1.82, 2.24) is 14.2 Å². The second-order valence-electron chi connectivity index (χ2n) is 7.03. The lowest BCUT2D eigenvalue weighted by molar-refractivity contribution is -0.129. The maximum atomic E-state index is 12.5. The molecule has 2 heterocycles. The van der Waals surface area contributed by atoms with E-state index in [2.05, 4.69) is 4.98 Å². The fraction of sp³-hybridized carbons (Fsp3) is 0.667. The predicted molar refractivity (Wildman–Crippen MR) is 103 cm³/mol. The van der Waals surface area contributed by atoms with Crippen molar-refractivity contribution in [2.24, 2.45) is 0 Å². The summed E-state index contributed by atoms with van der Waals surface area (Å²) in [6.07, 6.45) is 9.08. The number of carbonyl (C=O) groups excluding carboxylic acids is 1. The lowest BCUT2D eigenvalue weighted by Gasteiger charge is -2.31. The van der Waals surface area contributed by atoms with Gasteiger partial charge >= 0.3 is 0 Å². The third-order valence-electron chi connectivity index (χ3n) is 5.27. The monoisotopic (exact) mass is 397 g/mol. The quantitative estimate of drug-likeness (QED) is 0.690. The van der Waals surface area contributed by atoms with Crippen LogP contribution in [0.15, 0.2) is 28.3 Å². The summed E-state index contributed by atoms with van der Waals surface area (Å²) < 4.78 is 26.5. The van der Waals surface area contributed by atoms with E-state index in [1.54, 1.807) is 12.1 Å². The molecule has 0 spiro atoms. The van der Waals surface area contributed by atoms with E-state index in [0.29, 0.717) is 29.9 Å². The van der Waals surface area contributed by atoms with Crippen LogP contribution in [0.4, 0.5) is 0 Å². The van der Waals surface area contributed by atoms with E-state index in [0.717, 1.165) is 25.7 Å². The van der Waals surface area contributed by atoms with Crippen LogP contribution in [0.25, 0.3) is 0 Å². The van der Waals surface area contributed by atoms with Crippen LogP contribution in [0.1, 0.15) is 44.9 Å². The van der Waals surface area contributed by atoms with Crippen LogP contribution in [-0.2, 0) is 14.8 Å². The average molecular weight is 398 g/mol. The van der Waals surface area contributed by atoms with Crippen molar-refractivity contribution in [2.75, 3.05) is 25.9 Å². The molecule has 144 valence electrons. The van der Waals surface area contributed by atoms with E-state index < -0.39 is 10.0 Å². The molecule has 1 saturated carbocycles. The summed E-state index contributed by atoms with van der Waals surface area (Å²) in [6.45, 7) is 1.17. The maximum Gasteiger partial charge on any atom is 0.244 e. The summed E-state index contributed by atoms with van der Waals surface area (Å²) in [5.74, 6) is 0.440. The highest BCUT2D eigenvalue weighted by molar-refractivity contribution is 7.99. The van der Waals surface area contributed by atoms with Gasteiger partial charge in [0.1, 0.15) is 4.90 Å². The van der Waals surface area contributed by atoms with Crippen molar-refractivity contribution in [3.05, 3.63) is 18.3 Å². The molecular weight excluding hydrogens is 370 g/mol. The summed E-state index contributed by atoms with van der Waals surface area (Å²) in [5, 5.41) is 0.677. The summed E-state index contributed by atoms with van der Waals surface area (Å²) in [5.41, 5.74) is 0. The Labute approximate surface area is 160 Å². The number of nitrogens with zero attached hydrogens (tertiary/aromatic N) is 3. The van der Waals surface area contributed by atoms with E-state index in [1.807, 2.05) is 11.9 Å². The molecule has 0 N–H and O–H groups in total. The lowest BCUT2D eigenvalue weighted by Crippen LogP contribution is -2.39. The molecule has 0 radical (unpaired) electrons. The van der Waals surface area contributed by atoms with Gasteiger partial charge in [-0.1, -0.05) is 31.0 Å². The van der Waals surface area contributed by atoms with Crippen molar-refractivity contribution >= 4 is 27.7 Å². The summed E-state index contributed by atoms with van der Waals surface area (Å²) in [4.78, 5) is 18.7. The van der Waals surface area contributed by atoms with Crippen LogP contribution in [0.3, 0.4) is 0 Å². The van der Waals surface area contributed by atoms with E-state index in [4.69, 9.17) is 0 Å². The second-order valence-corrected chi connectivity index (χ2v) is 9.96. The first-order valence-corrected chi connectivity index (χ1v) is 11.8. The zero-order valence-electron chi connectivity index (χ0n) is 15.3. The smallest absolute Gasteiger partial charge is 0.244 e. The number of thioether (sulfide) groups is 1. The maximum absolute atomic E-state index is 12.5. The van der Waals surface area contributed by atoms with Crippen LogP contribution >= 0.6 is 11.8 Å². The Hall–Kier alpha value is -1.12. The SMILES string of the molecule is CN(C(=O)CSc1ccc(S(=O)(=O)N2CCCC2)cn1)C1CCCCC1. The van der Waals surface area contributed by atoms with Gasteiger partial charge < -0.3 is 4.90 Å². The molecule has 0 unspecified atom stereocenters. The number of pyridine rings is 1. The van der Waals surface area contributed by atoms with E-state index >= 15 is 0 Å². The number of carbonyl (C=O) groups is 1. The van der Waals surface area contributed by atoms with Gasteiger partial charge in [-0.3, -0.25) is 4.79 Å². The highest BCUT2D eigenvalue weighted by Gasteiger charge is 2.27. The molecule has 1 aliphatic carbocycles. The van der Waals surface area contributed by atoms with Crippen LogP contribution < -0.4 is 0 Å². The summed E-state index contributed by atoms with van der Waals surface area (Å²) in [7, 11) is -1.54. The molecule has 8 heteroatoms. The Morgan fingerprint density at radius 1 is 1.19 bits per heavy atom. The Balaban J connectivity index is 1.55. The first kappa shape index (κ1) is 19.6. The number of hydrogen-bond acceptors (Lipinski definition) is 5. The van der Waals surface area contributed by atoms with Gasteiger partial charge in [-0.25, -0.2) is 13.4 Å². The molecule has 6 nitrogen and oxygen atoms in total. The minimum atomic E-state index is -3.43. The van der Waals surface area contributed by atoms with E-state index in [9.17, 15) is 13.2 Å². The normalized spacial score (nSPS) is 19.6. The van der Waals surface area contributed by atoms with Crippen LogP contribution in [0, 0.1) is 0 Å². The first-order valence-electron chi connectivity index (χ1n) is 9.33. The van der Waals surface area contributed by atoms with Gasteiger partial charge in [0.2, 0.25) is 15.9 Å². The number of amides is 1. The van der Waals surface area contributed by atoms with Crippen LogP contribution in [0.2, 0.25) is 0 Å². The standard InChI is InChI=1S/C18H27N3O3S2/c1-20(15-7-3-2-4-8-15)18(22)14-25-17-10-9-16(13-19-17)26(23,24)21-11-5-6-12-21/h9-10,13,15H,2-8,11-12,14H2,1H3. The molecular formula is C18H27N3O3S2. The molecule has 0 atom stereocenters. The molecule has 1 aromatic rings. The number of sulfonamides is 1. The fourth-order valence-electron chi connectivity index (χ4n) is 3.59. The van der Waals surface area contributed by atoms with Crippen molar-refractivity contribution in [1.29, 1.82) is 0 Å². The minimum absolute atomic E-state index is 0.109. The zero-order valence-corrected chi connectivity index (χ0v) is 16.9. The van der Waals surface area contributed by atoms with Crippen LogP contribution in [0.5, 0.6) is 0 Å². The topological polar surface area (TPSA) is 70.6 Å². The number of hydrogen-bond donors (Lipinski definition) is 0. The third kappa shape index (κ3) is 4.58. The van der Waals surface area contributed by atoms with Gasteiger partial charge in [0.25, 0.3) is 0 Å². The van der Waals surface area contributed by atoms with Crippen molar-refractivity contribution in [3.8, 4) is 0 Å². The average Bonchev–Trinajstić information content (AvgIpc) is 3.22. The highest BCUT2D eigenvalue weighted by atomic mass is 32.2. The summed E-state index contributed by atoms with van der Waals surface area (Å²) in [6, 6.07) is 3.65. The largest absolute Gasteiger partial charge is 0.342 e. The first-order chi connectivity index (χ1) is 12.5. The van der Waals surface area contributed by atoms with E-state index in [1.165, 1.54) is 41.5 Å².